The lowest BCUT2D eigenvalue weighted by atomic mass is 10.2. The van der Waals surface area contributed by atoms with E-state index in [9.17, 15) is 0 Å². The molecule has 4 heteroatoms. The first kappa shape index (κ1) is 16.5. The smallest absolute Gasteiger partial charge is 0.0948 e. The van der Waals surface area contributed by atoms with E-state index in [0.717, 1.165) is 23.1 Å². The topological polar surface area (TPSA) is 24.9 Å². The van der Waals surface area contributed by atoms with Crippen LogP contribution in [0.1, 0.15) is 25.3 Å². The highest BCUT2D eigenvalue weighted by atomic mass is 32.2. The maximum atomic E-state index is 4.78. The molecule has 0 fully saturated rings. The average molecular weight is 321 g/mol. The van der Waals surface area contributed by atoms with E-state index < -0.39 is 0 Å². The molecule has 114 valence electrons. The molecule has 0 aliphatic heterocycles. The molecule has 0 aliphatic rings. The normalized spacial score (nSPS) is 14.0. The Morgan fingerprint density at radius 3 is 2.71 bits per heavy atom. The van der Waals surface area contributed by atoms with Gasteiger partial charge in [0.25, 0.3) is 0 Å². The van der Waals surface area contributed by atoms with Gasteiger partial charge in [-0.05, 0) is 13.5 Å². The van der Waals surface area contributed by atoms with Gasteiger partial charge >= 0.3 is 0 Å². The van der Waals surface area contributed by atoms with Crippen LogP contribution < -0.4 is 5.32 Å². The number of likely N-dealkylation sites (N-methyl/N-ethyl adjacent to an activating group) is 1. The molecular weight excluding hydrogens is 296 g/mol. The number of nitrogens with zero attached hydrogens (tertiary/aromatic N) is 1. The third kappa shape index (κ3) is 5.13. The summed E-state index contributed by atoms with van der Waals surface area (Å²) in [5.74, 6) is 1.14. The quantitative estimate of drug-likeness (QED) is 0.776. The van der Waals surface area contributed by atoms with Crippen LogP contribution in [0.5, 0.6) is 0 Å². The van der Waals surface area contributed by atoms with Crippen molar-refractivity contribution < 1.29 is 0 Å². The molecule has 0 aliphatic carbocycles. The van der Waals surface area contributed by atoms with Crippen LogP contribution in [-0.4, -0.2) is 29.1 Å². The van der Waals surface area contributed by atoms with Gasteiger partial charge in [-0.1, -0.05) is 44.2 Å². The molecular formula is C17H24N2S2. The molecule has 2 unspecified atom stereocenters. The molecule has 2 rings (SSSR count). The number of rotatable bonds is 8. The van der Waals surface area contributed by atoms with Gasteiger partial charge in [-0.25, -0.2) is 4.98 Å². The van der Waals surface area contributed by atoms with E-state index in [1.807, 2.05) is 24.9 Å². The molecule has 1 aromatic heterocycles. The second kappa shape index (κ2) is 8.57. The summed E-state index contributed by atoms with van der Waals surface area (Å²) in [6.07, 6.45) is 2.24. The second-order valence-corrected chi connectivity index (χ2v) is 7.65. The van der Waals surface area contributed by atoms with Crippen LogP contribution >= 0.6 is 23.1 Å². The van der Waals surface area contributed by atoms with E-state index in [1.165, 1.54) is 17.0 Å². The van der Waals surface area contributed by atoms with Gasteiger partial charge in [-0.3, -0.25) is 0 Å². The molecule has 0 spiro atoms. The summed E-state index contributed by atoms with van der Waals surface area (Å²) in [5.41, 5.74) is 2.30. The molecule has 1 heterocycles. The summed E-state index contributed by atoms with van der Waals surface area (Å²) in [7, 11) is 2.05. The van der Waals surface area contributed by atoms with Crippen molar-refractivity contribution in [2.24, 2.45) is 0 Å². The zero-order valence-corrected chi connectivity index (χ0v) is 14.6. The van der Waals surface area contributed by atoms with E-state index in [0.29, 0.717) is 6.04 Å². The number of thiazole rings is 1. The van der Waals surface area contributed by atoms with Crippen molar-refractivity contribution in [3.8, 4) is 11.3 Å². The Morgan fingerprint density at radius 2 is 2.05 bits per heavy atom. The SMILES string of the molecule is CCC(C)SCC(Cc1nc(-c2ccccc2)cs1)NC. The third-order valence-corrected chi connectivity index (χ3v) is 5.98. The van der Waals surface area contributed by atoms with Crippen molar-refractivity contribution >= 4 is 23.1 Å². The largest absolute Gasteiger partial charge is 0.316 e. The molecule has 2 nitrogen and oxygen atoms in total. The lowest BCUT2D eigenvalue weighted by Crippen LogP contribution is -2.30. The van der Waals surface area contributed by atoms with Crippen LogP contribution in [-0.2, 0) is 6.42 Å². The predicted molar refractivity (Wildman–Crippen MR) is 96.3 cm³/mol. The fraction of sp³-hybridized carbons (Fsp3) is 0.471. The van der Waals surface area contributed by atoms with E-state index >= 15 is 0 Å². The molecule has 2 atom stereocenters. The van der Waals surface area contributed by atoms with Crippen LogP contribution in [0.2, 0.25) is 0 Å². The van der Waals surface area contributed by atoms with Crippen LogP contribution in [0.25, 0.3) is 11.3 Å². The van der Waals surface area contributed by atoms with Gasteiger partial charge in [0.2, 0.25) is 0 Å². The Morgan fingerprint density at radius 1 is 1.29 bits per heavy atom. The van der Waals surface area contributed by atoms with Crippen molar-refractivity contribution in [1.29, 1.82) is 0 Å². The lowest BCUT2D eigenvalue weighted by Gasteiger charge is -2.16. The van der Waals surface area contributed by atoms with Gasteiger partial charge in [-0.15, -0.1) is 11.3 Å². The van der Waals surface area contributed by atoms with Crippen molar-refractivity contribution in [1.82, 2.24) is 10.3 Å². The Hall–Kier alpha value is -0.840. The van der Waals surface area contributed by atoms with Gasteiger partial charge < -0.3 is 5.32 Å². The maximum Gasteiger partial charge on any atom is 0.0948 e. The van der Waals surface area contributed by atoms with Crippen molar-refractivity contribution in [2.75, 3.05) is 12.8 Å². The van der Waals surface area contributed by atoms with E-state index in [4.69, 9.17) is 4.98 Å². The van der Waals surface area contributed by atoms with Gasteiger partial charge in [0, 0.05) is 34.4 Å². The Bertz CT molecular complexity index is 525. The first-order valence-electron chi connectivity index (χ1n) is 7.51. The molecule has 0 amide bonds. The molecule has 0 saturated carbocycles. The third-order valence-electron chi connectivity index (χ3n) is 3.61. The van der Waals surface area contributed by atoms with Gasteiger partial charge in [0.05, 0.1) is 10.7 Å². The van der Waals surface area contributed by atoms with Crippen molar-refractivity contribution in [3.63, 3.8) is 0 Å². The number of aromatic nitrogens is 1. The fourth-order valence-corrected chi connectivity index (χ4v) is 3.97. The Labute approximate surface area is 136 Å². The number of nitrogens with one attached hydrogen (secondary N) is 1. The van der Waals surface area contributed by atoms with Crippen molar-refractivity contribution in [3.05, 3.63) is 40.7 Å². The van der Waals surface area contributed by atoms with E-state index in [2.05, 4.69) is 48.8 Å². The highest BCUT2D eigenvalue weighted by Gasteiger charge is 2.12. The van der Waals surface area contributed by atoms with E-state index in [1.54, 1.807) is 11.3 Å². The summed E-state index contributed by atoms with van der Waals surface area (Å²) in [6.45, 7) is 4.55. The number of hydrogen-bond donors (Lipinski definition) is 1. The summed E-state index contributed by atoms with van der Waals surface area (Å²) in [6, 6.07) is 10.9. The highest BCUT2D eigenvalue weighted by Crippen LogP contribution is 2.23. The van der Waals surface area contributed by atoms with E-state index in [-0.39, 0.29) is 0 Å². The monoisotopic (exact) mass is 320 g/mol. The van der Waals surface area contributed by atoms with Crippen LogP contribution in [0.3, 0.4) is 0 Å². The molecule has 0 saturated heterocycles. The number of hydrogen-bond acceptors (Lipinski definition) is 4. The minimum atomic E-state index is 0.499. The minimum absolute atomic E-state index is 0.499. The highest BCUT2D eigenvalue weighted by molar-refractivity contribution is 7.99. The van der Waals surface area contributed by atoms with Gasteiger partial charge in [0.1, 0.15) is 0 Å². The fourth-order valence-electron chi connectivity index (χ4n) is 2.00. The van der Waals surface area contributed by atoms with Gasteiger partial charge in [0.15, 0.2) is 0 Å². The molecule has 21 heavy (non-hydrogen) atoms. The first-order valence-corrected chi connectivity index (χ1v) is 9.44. The maximum absolute atomic E-state index is 4.78. The number of thioether (sulfide) groups is 1. The zero-order valence-electron chi connectivity index (χ0n) is 13.0. The summed E-state index contributed by atoms with van der Waals surface area (Å²) < 4.78 is 0. The molecule has 0 radical (unpaired) electrons. The summed E-state index contributed by atoms with van der Waals surface area (Å²) in [4.78, 5) is 4.78. The number of benzene rings is 1. The minimum Gasteiger partial charge on any atom is -0.316 e. The molecule has 2 aromatic rings. The van der Waals surface area contributed by atoms with Crippen molar-refractivity contribution in [2.45, 2.75) is 38.0 Å². The van der Waals surface area contributed by atoms with Crippen LogP contribution in [0.15, 0.2) is 35.7 Å². The second-order valence-electron chi connectivity index (χ2n) is 5.23. The first-order chi connectivity index (χ1) is 10.2. The lowest BCUT2D eigenvalue weighted by molar-refractivity contribution is 0.614. The predicted octanol–water partition coefficient (Wildman–Crippen LogP) is 4.47. The van der Waals surface area contributed by atoms with Gasteiger partial charge in [-0.2, -0.15) is 11.8 Å². The molecule has 1 aromatic carbocycles. The van der Waals surface area contributed by atoms with Crippen LogP contribution in [0, 0.1) is 0 Å². The zero-order chi connectivity index (χ0) is 15.1. The Balaban J connectivity index is 1.94. The standard InChI is InChI=1S/C17H24N2S2/c1-4-13(2)20-11-15(18-3)10-17-19-16(12-21-17)14-8-6-5-7-9-14/h5-9,12-13,15,18H,4,10-11H2,1-3H3. The Kier molecular flexibility index (Phi) is 6.74. The molecule has 0 bridgehead atoms. The average Bonchev–Trinajstić information content (AvgIpc) is 3.00. The summed E-state index contributed by atoms with van der Waals surface area (Å²) >= 11 is 3.81. The molecule has 1 N–H and O–H groups in total. The van der Waals surface area contributed by atoms with Crippen LogP contribution in [0.4, 0.5) is 0 Å². The summed E-state index contributed by atoms with van der Waals surface area (Å²) in [5, 5.41) is 7.54.